The lowest BCUT2D eigenvalue weighted by Gasteiger charge is -2.32. The standard InChI is InChI=1S/C10H15N3/c11-13-7-6-12-8-10(13)9-4-2-1-3-5-9/h1-5,10,12H,6-8,11H2. The van der Waals surface area contributed by atoms with Gasteiger partial charge in [-0.15, -0.1) is 0 Å². The molecule has 0 bridgehead atoms. The fourth-order valence-corrected chi connectivity index (χ4v) is 1.70. The van der Waals surface area contributed by atoms with Gasteiger partial charge < -0.3 is 5.32 Å². The Kier molecular flexibility index (Phi) is 2.59. The summed E-state index contributed by atoms with van der Waals surface area (Å²) in [7, 11) is 0. The minimum atomic E-state index is 0.329. The average molecular weight is 177 g/mol. The van der Waals surface area contributed by atoms with Crippen LogP contribution in [0.15, 0.2) is 30.3 Å². The minimum Gasteiger partial charge on any atom is -0.313 e. The van der Waals surface area contributed by atoms with Crippen molar-refractivity contribution in [3.05, 3.63) is 35.9 Å². The van der Waals surface area contributed by atoms with Gasteiger partial charge in [0.2, 0.25) is 0 Å². The Morgan fingerprint density at radius 1 is 1.31 bits per heavy atom. The first-order valence-corrected chi connectivity index (χ1v) is 4.65. The zero-order valence-corrected chi connectivity index (χ0v) is 7.61. The summed E-state index contributed by atoms with van der Waals surface area (Å²) in [4.78, 5) is 0. The number of hydrogen-bond acceptors (Lipinski definition) is 3. The first kappa shape index (κ1) is 8.69. The van der Waals surface area contributed by atoms with Crippen molar-refractivity contribution in [1.29, 1.82) is 0 Å². The van der Waals surface area contributed by atoms with Crippen molar-refractivity contribution in [2.45, 2.75) is 6.04 Å². The third-order valence-corrected chi connectivity index (χ3v) is 2.47. The van der Waals surface area contributed by atoms with Gasteiger partial charge >= 0.3 is 0 Å². The Balaban J connectivity index is 2.15. The number of nitrogens with one attached hydrogen (secondary N) is 1. The predicted octanol–water partition coefficient (Wildman–Crippen LogP) is 0.507. The second kappa shape index (κ2) is 3.87. The lowest BCUT2D eigenvalue weighted by atomic mass is 10.1. The fourth-order valence-electron chi connectivity index (χ4n) is 1.70. The van der Waals surface area contributed by atoms with Crippen LogP contribution in [0.5, 0.6) is 0 Å². The largest absolute Gasteiger partial charge is 0.313 e. The van der Waals surface area contributed by atoms with E-state index in [1.54, 1.807) is 0 Å². The second-order valence-electron chi connectivity index (χ2n) is 3.37. The van der Waals surface area contributed by atoms with Gasteiger partial charge in [0.15, 0.2) is 0 Å². The van der Waals surface area contributed by atoms with E-state index in [1.165, 1.54) is 5.56 Å². The lowest BCUT2D eigenvalue weighted by Crippen LogP contribution is -2.49. The van der Waals surface area contributed by atoms with Crippen LogP contribution in [0.3, 0.4) is 0 Å². The van der Waals surface area contributed by atoms with Gasteiger partial charge in [-0.1, -0.05) is 30.3 Å². The van der Waals surface area contributed by atoms with Crippen LogP contribution in [0.25, 0.3) is 0 Å². The Morgan fingerprint density at radius 2 is 2.08 bits per heavy atom. The molecule has 0 amide bonds. The van der Waals surface area contributed by atoms with Crippen molar-refractivity contribution >= 4 is 0 Å². The van der Waals surface area contributed by atoms with Crippen LogP contribution in [0.4, 0.5) is 0 Å². The van der Waals surface area contributed by atoms with Crippen LogP contribution in [-0.4, -0.2) is 24.6 Å². The SMILES string of the molecule is NN1CCNCC1c1ccccc1. The molecule has 0 spiro atoms. The summed E-state index contributed by atoms with van der Waals surface area (Å²) in [5.41, 5.74) is 1.29. The topological polar surface area (TPSA) is 41.3 Å². The predicted molar refractivity (Wildman–Crippen MR) is 52.9 cm³/mol. The number of hydrogen-bond donors (Lipinski definition) is 2. The van der Waals surface area contributed by atoms with E-state index in [0.717, 1.165) is 19.6 Å². The molecule has 1 aliphatic rings. The quantitative estimate of drug-likeness (QED) is 0.614. The third-order valence-electron chi connectivity index (χ3n) is 2.47. The zero-order chi connectivity index (χ0) is 9.10. The van der Waals surface area contributed by atoms with E-state index in [0.29, 0.717) is 6.04 Å². The molecule has 1 atom stereocenters. The van der Waals surface area contributed by atoms with E-state index < -0.39 is 0 Å². The van der Waals surface area contributed by atoms with Crippen LogP contribution in [-0.2, 0) is 0 Å². The van der Waals surface area contributed by atoms with E-state index in [-0.39, 0.29) is 0 Å². The first-order valence-electron chi connectivity index (χ1n) is 4.65. The third kappa shape index (κ3) is 1.88. The molecule has 0 radical (unpaired) electrons. The molecular formula is C10H15N3. The molecule has 1 unspecified atom stereocenters. The summed E-state index contributed by atoms with van der Waals surface area (Å²) in [6, 6.07) is 10.7. The van der Waals surface area contributed by atoms with Crippen LogP contribution < -0.4 is 11.2 Å². The highest BCUT2D eigenvalue weighted by atomic mass is 15.4. The number of nitrogens with two attached hydrogens (primary N) is 1. The highest BCUT2D eigenvalue weighted by Crippen LogP contribution is 2.18. The molecule has 2 rings (SSSR count). The van der Waals surface area contributed by atoms with E-state index >= 15 is 0 Å². The second-order valence-corrected chi connectivity index (χ2v) is 3.37. The summed E-state index contributed by atoms with van der Waals surface area (Å²) in [5.74, 6) is 5.90. The smallest absolute Gasteiger partial charge is 0.0615 e. The summed E-state index contributed by atoms with van der Waals surface area (Å²) >= 11 is 0. The molecule has 3 N–H and O–H groups in total. The maximum atomic E-state index is 5.90. The highest BCUT2D eigenvalue weighted by molar-refractivity contribution is 5.19. The Hall–Kier alpha value is -0.900. The highest BCUT2D eigenvalue weighted by Gasteiger charge is 2.20. The molecule has 3 nitrogen and oxygen atoms in total. The lowest BCUT2D eigenvalue weighted by molar-refractivity contribution is 0.165. The van der Waals surface area contributed by atoms with Gasteiger partial charge in [-0.25, -0.2) is 5.01 Å². The van der Waals surface area contributed by atoms with Crippen molar-refractivity contribution in [3.8, 4) is 0 Å². The molecular weight excluding hydrogens is 162 g/mol. The number of nitrogens with zero attached hydrogens (tertiary/aromatic N) is 1. The van der Waals surface area contributed by atoms with Gasteiger partial charge in [0.1, 0.15) is 0 Å². The van der Waals surface area contributed by atoms with Gasteiger partial charge in [0.05, 0.1) is 6.04 Å². The van der Waals surface area contributed by atoms with Gasteiger partial charge in [-0.3, -0.25) is 5.84 Å². The van der Waals surface area contributed by atoms with Crippen LogP contribution in [0.1, 0.15) is 11.6 Å². The molecule has 1 aromatic carbocycles. The number of hydrazine groups is 1. The van der Waals surface area contributed by atoms with Crippen molar-refractivity contribution < 1.29 is 0 Å². The Morgan fingerprint density at radius 3 is 2.77 bits per heavy atom. The maximum Gasteiger partial charge on any atom is 0.0615 e. The molecule has 1 saturated heterocycles. The van der Waals surface area contributed by atoms with Crippen molar-refractivity contribution in [1.82, 2.24) is 10.3 Å². The molecule has 1 heterocycles. The molecule has 70 valence electrons. The number of benzene rings is 1. The normalized spacial score (nSPS) is 24.5. The van der Waals surface area contributed by atoms with Gasteiger partial charge in [0.25, 0.3) is 0 Å². The Bertz CT molecular complexity index is 260. The van der Waals surface area contributed by atoms with Gasteiger partial charge in [0, 0.05) is 19.6 Å². The summed E-state index contributed by atoms with van der Waals surface area (Å²) in [5, 5.41) is 5.25. The van der Waals surface area contributed by atoms with Crippen LogP contribution in [0, 0.1) is 0 Å². The minimum absolute atomic E-state index is 0.329. The molecule has 3 heteroatoms. The molecule has 1 aliphatic heterocycles. The zero-order valence-electron chi connectivity index (χ0n) is 7.61. The van der Waals surface area contributed by atoms with E-state index in [2.05, 4.69) is 29.6 Å². The molecule has 0 saturated carbocycles. The van der Waals surface area contributed by atoms with E-state index in [9.17, 15) is 0 Å². The van der Waals surface area contributed by atoms with Gasteiger partial charge in [-0.2, -0.15) is 0 Å². The molecule has 0 aliphatic carbocycles. The molecule has 0 aromatic heterocycles. The summed E-state index contributed by atoms with van der Waals surface area (Å²) in [6.07, 6.45) is 0. The molecule has 1 aromatic rings. The maximum absolute atomic E-state index is 5.90. The monoisotopic (exact) mass is 177 g/mol. The van der Waals surface area contributed by atoms with Crippen LogP contribution in [0.2, 0.25) is 0 Å². The van der Waals surface area contributed by atoms with E-state index in [1.807, 2.05) is 11.1 Å². The molecule has 1 fully saturated rings. The number of piperazine rings is 1. The summed E-state index contributed by atoms with van der Waals surface area (Å²) in [6.45, 7) is 2.85. The molecule has 13 heavy (non-hydrogen) atoms. The Labute approximate surface area is 78.5 Å². The summed E-state index contributed by atoms with van der Waals surface area (Å²) < 4.78 is 0. The average Bonchev–Trinajstić information content (AvgIpc) is 2.20. The van der Waals surface area contributed by atoms with E-state index in [4.69, 9.17) is 5.84 Å². The van der Waals surface area contributed by atoms with Gasteiger partial charge in [-0.05, 0) is 5.56 Å². The van der Waals surface area contributed by atoms with Crippen LogP contribution >= 0.6 is 0 Å². The fraction of sp³-hybridized carbons (Fsp3) is 0.400. The number of rotatable bonds is 1. The first-order chi connectivity index (χ1) is 6.38. The van der Waals surface area contributed by atoms with Crippen molar-refractivity contribution in [3.63, 3.8) is 0 Å². The van der Waals surface area contributed by atoms with Crippen molar-refractivity contribution in [2.24, 2.45) is 5.84 Å². The van der Waals surface area contributed by atoms with Crippen molar-refractivity contribution in [2.75, 3.05) is 19.6 Å².